The van der Waals surface area contributed by atoms with Gasteiger partial charge in [0.25, 0.3) is 5.91 Å². The number of carbonyl (C=O) groups is 1. The maximum absolute atomic E-state index is 12.2. The van der Waals surface area contributed by atoms with Crippen molar-refractivity contribution >= 4 is 11.9 Å². The highest BCUT2D eigenvalue weighted by Crippen LogP contribution is 2.17. The molecule has 0 saturated heterocycles. The van der Waals surface area contributed by atoms with E-state index < -0.39 is 12.8 Å². The number of aliphatic imine (C=N–C) groups is 1. The third-order valence-corrected chi connectivity index (χ3v) is 3.93. The zero-order valence-electron chi connectivity index (χ0n) is 17.0. The normalized spacial score (nSPS) is 11.7. The van der Waals surface area contributed by atoms with Crippen LogP contribution in [-0.2, 0) is 13.1 Å². The van der Waals surface area contributed by atoms with Gasteiger partial charge >= 0.3 is 6.18 Å². The van der Waals surface area contributed by atoms with Crippen LogP contribution in [0.4, 0.5) is 13.2 Å². The van der Waals surface area contributed by atoms with E-state index in [0.717, 1.165) is 11.1 Å². The minimum absolute atomic E-state index is 0.0598. The topological polar surface area (TPSA) is 78.9 Å². The van der Waals surface area contributed by atoms with Gasteiger partial charge in [0.15, 0.2) is 12.6 Å². The number of rotatable bonds is 7. The fourth-order valence-corrected chi connectivity index (χ4v) is 2.37. The van der Waals surface area contributed by atoms with E-state index in [1.54, 1.807) is 39.3 Å². The first kappa shape index (κ1) is 23.0. The maximum Gasteiger partial charge on any atom is 0.422 e. The largest absolute Gasteiger partial charge is 0.468 e. The molecule has 0 spiro atoms. The fourth-order valence-electron chi connectivity index (χ4n) is 2.37. The third-order valence-electron chi connectivity index (χ3n) is 3.93. The lowest BCUT2D eigenvalue weighted by Crippen LogP contribution is -2.36. The second-order valence-corrected chi connectivity index (χ2v) is 6.58. The number of aromatic nitrogens is 1. The standard InChI is InChI=1S/C20H24F3N5O2/c1-24-19(26-10-14-4-7-16(8-5-14)18(29)28(2)3)27-12-15-6-9-17(25-11-15)30-13-20(21,22)23/h4-9,11H,10,12-13H2,1-3H3,(H2,24,26,27). The molecule has 0 aliphatic rings. The molecule has 0 bridgehead atoms. The molecule has 30 heavy (non-hydrogen) atoms. The maximum atomic E-state index is 12.2. The molecule has 2 N–H and O–H groups in total. The van der Waals surface area contributed by atoms with Gasteiger partial charge in [-0.2, -0.15) is 13.2 Å². The molecule has 0 aliphatic carbocycles. The highest BCUT2D eigenvalue weighted by molar-refractivity contribution is 5.93. The van der Waals surface area contributed by atoms with Crippen LogP contribution in [0.25, 0.3) is 0 Å². The second-order valence-electron chi connectivity index (χ2n) is 6.58. The van der Waals surface area contributed by atoms with Gasteiger partial charge in [0.2, 0.25) is 5.88 Å². The van der Waals surface area contributed by atoms with Crippen molar-refractivity contribution in [2.45, 2.75) is 19.3 Å². The Bertz CT molecular complexity index is 850. The molecule has 10 heteroatoms. The van der Waals surface area contributed by atoms with Crippen molar-refractivity contribution < 1.29 is 22.7 Å². The molecule has 0 saturated carbocycles. The Kier molecular flexibility index (Phi) is 8.02. The Morgan fingerprint density at radius 1 is 1.07 bits per heavy atom. The van der Waals surface area contributed by atoms with Crippen LogP contribution in [0.5, 0.6) is 5.88 Å². The molecule has 162 valence electrons. The van der Waals surface area contributed by atoms with Gasteiger partial charge in [0.05, 0.1) is 0 Å². The SMILES string of the molecule is CN=C(NCc1ccc(C(=O)N(C)C)cc1)NCc1ccc(OCC(F)(F)F)nc1. The van der Waals surface area contributed by atoms with Gasteiger partial charge < -0.3 is 20.3 Å². The van der Waals surface area contributed by atoms with Crippen molar-refractivity contribution in [1.29, 1.82) is 0 Å². The van der Waals surface area contributed by atoms with E-state index in [4.69, 9.17) is 0 Å². The van der Waals surface area contributed by atoms with Gasteiger partial charge in [-0.05, 0) is 23.3 Å². The van der Waals surface area contributed by atoms with Crippen molar-refractivity contribution in [1.82, 2.24) is 20.5 Å². The molecular formula is C20H24F3N5O2. The van der Waals surface area contributed by atoms with E-state index in [0.29, 0.717) is 24.6 Å². The average molecular weight is 423 g/mol. The van der Waals surface area contributed by atoms with Crippen molar-refractivity contribution in [2.75, 3.05) is 27.7 Å². The zero-order valence-corrected chi connectivity index (χ0v) is 17.0. The Morgan fingerprint density at radius 3 is 2.17 bits per heavy atom. The van der Waals surface area contributed by atoms with Gasteiger partial charge in [-0.15, -0.1) is 0 Å². The number of nitrogens with one attached hydrogen (secondary N) is 2. The summed E-state index contributed by atoms with van der Waals surface area (Å²) in [7, 11) is 5.03. The monoisotopic (exact) mass is 423 g/mol. The van der Waals surface area contributed by atoms with Crippen LogP contribution < -0.4 is 15.4 Å². The summed E-state index contributed by atoms with van der Waals surface area (Å²) in [5.41, 5.74) is 2.34. The zero-order chi connectivity index (χ0) is 22.1. The third kappa shape index (κ3) is 7.61. The van der Waals surface area contributed by atoms with Gasteiger partial charge in [-0.3, -0.25) is 9.79 Å². The highest BCUT2D eigenvalue weighted by atomic mass is 19.4. The molecular weight excluding hydrogens is 399 g/mol. The van der Waals surface area contributed by atoms with Crippen LogP contribution >= 0.6 is 0 Å². The van der Waals surface area contributed by atoms with Crippen molar-refractivity contribution in [3.8, 4) is 5.88 Å². The van der Waals surface area contributed by atoms with Crippen molar-refractivity contribution in [2.24, 2.45) is 4.99 Å². The number of amides is 1. The number of pyridine rings is 1. The Morgan fingerprint density at radius 2 is 1.67 bits per heavy atom. The van der Waals surface area contributed by atoms with E-state index in [1.807, 2.05) is 12.1 Å². The van der Waals surface area contributed by atoms with E-state index >= 15 is 0 Å². The molecule has 0 radical (unpaired) electrons. The van der Waals surface area contributed by atoms with Crippen LogP contribution in [0, 0.1) is 0 Å². The van der Waals surface area contributed by atoms with E-state index in [1.165, 1.54) is 17.2 Å². The molecule has 0 atom stereocenters. The van der Waals surface area contributed by atoms with Crippen molar-refractivity contribution in [3.05, 3.63) is 59.3 Å². The molecule has 1 amide bonds. The lowest BCUT2D eigenvalue weighted by Gasteiger charge is -2.13. The van der Waals surface area contributed by atoms with Crippen LogP contribution in [0.15, 0.2) is 47.6 Å². The number of carbonyl (C=O) groups excluding carboxylic acids is 1. The van der Waals surface area contributed by atoms with Gasteiger partial charge in [0, 0.05) is 52.1 Å². The highest BCUT2D eigenvalue weighted by Gasteiger charge is 2.28. The summed E-state index contributed by atoms with van der Waals surface area (Å²) in [4.78, 5) is 21.4. The number of alkyl halides is 3. The second kappa shape index (κ2) is 10.5. The van der Waals surface area contributed by atoms with Crippen LogP contribution in [0.1, 0.15) is 21.5 Å². The van der Waals surface area contributed by atoms with E-state index in [-0.39, 0.29) is 11.8 Å². The predicted molar refractivity (Wildman–Crippen MR) is 107 cm³/mol. The first-order valence-corrected chi connectivity index (χ1v) is 9.07. The number of hydrogen-bond acceptors (Lipinski definition) is 4. The minimum Gasteiger partial charge on any atom is -0.468 e. The summed E-state index contributed by atoms with van der Waals surface area (Å²) >= 11 is 0. The summed E-state index contributed by atoms with van der Waals surface area (Å²) in [5, 5.41) is 6.24. The smallest absolute Gasteiger partial charge is 0.422 e. The molecule has 7 nitrogen and oxygen atoms in total. The minimum atomic E-state index is -4.40. The summed E-state index contributed by atoms with van der Waals surface area (Å²) < 4.78 is 41.0. The van der Waals surface area contributed by atoms with Gasteiger partial charge in [-0.25, -0.2) is 4.98 Å². The molecule has 1 aromatic carbocycles. The van der Waals surface area contributed by atoms with Crippen LogP contribution in [-0.4, -0.2) is 55.7 Å². The molecule has 1 aromatic heterocycles. The summed E-state index contributed by atoms with van der Waals surface area (Å²) in [6, 6.07) is 10.3. The first-order valence-electron chi connectivity index (χ1n) is 9.07. The van der Waals surface area contributed by atoms with E-state index in [9.17, 15) is 18.0 Å². The molecule has 0 fully saturated rings. The summed E-state index contributed by atoms with van der Waals surface area (Å²) in [5.74, 6) is 0.394. The number of hydrogen-bond donors (Lipinski definition) is 2. The molecule has 1 heterocycles. The Balaban J connectivity index is 1.81. The van der Waals surface area contributed by atoms with Gasteiger partial charge in [0.1, 0.15) is 0 Å². The molecule has 0 unspecified atom stereocenters. The fraction of sp³-hybridized carbons (Fsp3) is 0.350. The number of halogens is 3. The molecule has 0 aliphatic heterocycles. The van der Waals surface area contributed by atoms with Crippen molar-refractivity contribution in [3.63, 3.8) is 0 Å². The van der Waals surface area contributed by atoms with Crippen LogP contribution in [0.2, 0.25) is 0 Å². The summed E-state index contributed by atoms with van der Waals surface area (Å²) in [6.45, 7) is -0.500. The number of nitrogens with zero attached hydrogens (tertiary/aromatic N) is 3. The number of ether oxygens (including phenoxy) is 1. The number of guanidine groups is 1. The lowest BCUT2D eigenvalue weighted by molar-refractivity contribution is -0.154. The predicted octanol–water partition coefficient (Wildman–Crippen LogP) is 2.59. The number of benzene rings is 1. The Hall–Kier alpha value is -3.30. The lowest BCUT2D eigenvalue weighted by atomic mass is 10.1. The van der Waals surface area contributed by atoms with E-state index in [2.05, 4.69) is 25.3 Å². The Labute approximate surface area is 173 Å². The molecule has 2 aromatic rings. The van der Waals surface area contributed by atoms with Gasteiger partial charge in [-0.1, -0.05) is 18.2 Å². The molecule has 2 rings (SSSR count). The summed E-state index contributed by atoms with van der Waals surface area (Å²) in [6.07, 6.45) is -2.96. The first-order chi connectivity index (χ1) is 14.2. The average Bonchev–Trinajstić information content (AvgIpc) is 2.72. The van der Waals surface area contributed by atoms with Crippen LogP contribution in [0.3, 0.4) is 0 Å². The quantitative estimate of drug-likeness (QED) is 0.529.